The molecule has 0 radical (unpaired) electrons. The summed E-state index contributed by atoms with van der Waals surface area (Å²) in [7, 11) is 3.11. The molecule has 1 rings (SSSR count). The van der Waals surface area contributed by atoms with E-state index in [9.17, 15) is 0 Å². The highest BCUT2D eigenvalue weighted by atomic mass is 16.5. The molecule has 5 heteroatoms. The van der Waals surface area contributed by atoms with Gasteiger partial charge in [0.25, 0.3) is 0 Å². The molecule has 0 spiro atoms. The van der Waals surface area contributed by atoms with Gasteiger partial charge in [0.15, 0.2) is 5.75 Å². The number of rotatable bonds is 4. The number of nitrogens with zero attached hydrogens (tertiary/aromatic N) is 1. The van der Waals surface area contributed by atoms with Crippen molar-refractivity contribution in [3.05, 3.63) is 23.0 Å². The van der Waals surface area contributed by atoms with Crippen LogP contribution in [0.5, 0.6) is 5.75 Å². The highest BCUT2D eigenvalue weighted by Crippen LogP contribution is 2.24. The van der Waals surface area contributed by atoms with Crippen LogP contribution in [0.2, 0.25) is 0 Å². The van der Waals surface area contributed by atoms with Gasteiger partial charge in [0.05, 0.1) is 25.0 Å². The van der Waals surface area contributed by atoms with Gasteiger partial charge in [-0.05, 0) is 6.92 Å². The number of hydrogen-bond acceptors (Lipinski definition) is 4. The molecule has 0 bridgehead atoms. The zero-order valence-corrected chi connectivity index (χ0v) is 9.13. The monoisotopic (exact) mass is 209 g/mol. The van der Waals surface area contributed by atoms with Gasteiger partial charge in [0, 0.05) is 18.9 Å². The topological polar surface area (TPSA) is 81.2 Å². The summed E-state index contributed by atoms with van der Waals surface area (Å²) in [6, 6.07) is 0. The number of nitrogens with two attached hydrogens (primary N) is 1. The smallest absolute Gasteiger partial charge is 0.151 e. The summed E-state index contributed by atoms with van der Waals surface area (Å²) in [5.41, 5.74) is 7.54. The maximum atomic E-state index is 7.51. The maximum absolute atomic E-state index is 7.51. The highest BCUT2D eigenvalue weighted by molar-refractivity contribution is 5.99. The molecule has 0 atom stereocenters. The van der Waals surface area contributed by atoms with Crippen molar-refractivity contribution in [2.75, 3.05) is 14.2 Å². The molecular weight excluding hydrogens is 194 g/mol. The summed E-state index contributed by atoms with van der Waals surface area (Å²) >= 11 is 0. The Morgan fingerprint density at radius 1 is 1.53 bits per heavy atom. The number of pyridine rings is 1. The number of aromatic nitrogens is 1. The van der Waals surface area contributed by atoms with Gasteiger partial charge < -0.3 is 15.2 Å². The van der Waals surface area contributed by atoms with E-state index in [0.29, 0.717) is 23.6 Å². The average molecular weight is 209 g/mol. The predicted molar refractivity (Wildman–Crippen MR) is 57.3 cm³/mol. The lowest BCUT2D eigenvalue weighted by Gasteiger charge is -2.13. The van der Waals surface area contributed by atoms with Gasteiger partial charge in [-0.3, -0.25) is 10.4 Å². The van der Waals surface area contributed by atoms with Gasteiger partial charge in [0.1, 0.15) is 5.84 Å². The molecule has 0 aromatic carbocycles. The SMILES string of the molecule is COCc1cnc(C)c(OC)c1C(=N)N. The number of hydrogen-bond donors (Lipinski definition) is 2. The molecule has 0 saturated heterocycles. The van der Waals surface area contributed by atoms with E-state index in [1.165, 1.54) is 7.11 Å². The van der Waals surface area contributed by atoms with Crippen molar-refractivity contribution in [1.29, 1.82) is 5.41 Å². The van der Waals surface area contributed by atoms with Crippen LogP contribution in [0.4, 0.5) is 0 Å². The third-order valence-electron chi connectivity index (χ3n) is 2.06. The lowest BCUT2D eigenvalue weighted by atomic mass is 10.1. The fourth-order valence-electron chi connectivity index (χ4n) is 1.43. The van der Waals surface area contributed by atoms with Crippen LogP contribution in [0.3, 0.4) is 0 Å². The Kier molecular flexibility index (Phi) is 3.62. The fourth-order valence-corrected chi connectivity index (χ4v) is 1.43. The largest absolute Gasteiger partial charge is 0.494 e. The minimum Gasteiger partial charge on any atom is -0.494 e. The van der Waals surface area contributed by atoms with E-state index in [1.54, 1.807) is 13.3 Å². The summed E-state index contributed by atoms with van der Waals surface area (Å²) in [6.45, 7) is 2.17. The molecular formula is C10H15N3O2. The molecule has 1 aromatic rings. The number of ether oxygens (including phenoxy) is 2. The lowest BCUT2D eigenvalue weighted by Crippen LogP contribution is -2.17. The van der Waals surface area contributed by atoms with Gasteiger partial charge >= 0.3 is 0 Å². The van der Waals surface area contributed by atoms with E-state index < -0.39 is 0 Å². The van der Waals surface area contributed by atoms with Crippen LogP contribution in [-0.4, -0.2) is 25.0 Å². The lowest BCUT2D eigenvalue weighted by molar-refractivity contribution is 0.184. The van der Waals surface area contributed by atoms with Gasteiger partial charge in [-0.25, -0.2) is 0 Å². The van der Waals surface area contributed by atoms with Gasteiger partial charge in [0.2, 0.25) is 0 Å². The van der Waals surface area contributed by atoms with Crippen LogP contribution in [0.15, 0.2) is 6.20 Å². The molecule has 3 N–H and O–H groups in total. The normalized spacial score (nSPS) is 10.1. The zero-order valence-electron chi connectivity index (χ0n) is 9.13. The fraction of sp³-hybridized carbons (Fsp3) is 0.400. The van der Waals surface area contributed by atoms with Crippen LogP contribution in [0.1, 0.15) is 16.8 Å². The zero-order chi connectivity index (χ0) is 11.4. The molecule has 0 aliphatic heterocycles. The molecule has 1 aromatic heterocycles. The molecule has 15 heavy (non-hydrogen) atoms. The maximum Gasteiger partial charge on any atom is 0.151 e. The second kappa shape index (κ2) is 4.75. The molecule has 1 heterocycles. The quantitative estimate of drug-likeness (QED) is 0.568. The molecule has 5 nitrogen and oxygen atoms in total. The minimum absolute atomic E-state index is 0.0376. The summed E-state index contributed by atoms with van der Waals surface area (Å²) < 4.78 is 10.2. The Morgan fingerprint density at radius 2 is 2.20 bits per heavy atom. The number of nitrogen functional groups attached to an aromatic ring is 1. The highest BCUT2D eigenvalue weighted by Gasteiger charge is 2.15. The van der Waals surface area contributed by atoms with E-state index in [1.807, 2.05) is 6.92 Å². The third-order valence-corrected chi connectivity index (χ3v) is 2.06. The van der Waals surface area contributed by atoms with Crippen LogP contribution in [-0.2, 0) is 11.3 Å². The predicted octanol–water partition coefficient (Wildman–Crippen LogP) is 0.829. The summed E-state index contributed by atoms with van der Waals surface area (Å²) in [5.74, 6) is 0.501. The first-order valence-electron chi connectivity index (χ1n) is 4.47. The van der Waals surface area contributed by atoms with E-state index >= 15 is 0 Å². The summed E-state index contributed by atoms with van der Waals surface area (Å²) in [4.78, 5) is 4.15. The Bertz CT molecular complexity index is 377. The van der Waals surface area contributed by atoms with Crippen LogP contribution >= 0.6 is 0 Å². The van der Waals surface area contributed by atoms with E-state index in [-0.39, 0.29) is 5.84 Å². The van der Waals surface area contributed by atoms with Crippen molar-refractivity contribution in [3.63, 3.8) is 0 Å². The van der Waals surface area contributed by atoms with Gasteiger partial charge in [-0.2, -0.15) is 0 Å². The van der Waals surface area contributed by atoms with E-state index in [2.05, 4.69) is 4.98 Å². The molecule has 0 unspecified atom stereocenters. The van der Waals surface area contributed by atoms with Gasteiger partial charge in [-0.15, -0.1) is 0 Å². The molecule has 0 aliphatic rings. The van der Waals surface area contributed by atoms with Crippen LogP contribution in [0.25, 0.3) is 0 Å². The molecule has 0 aliphatic carbocycles. The Morgan fingerprint density at radius 3 is 2.67 bits per heavy atom. The molecule has 0 amide bonds. The number of methoxy groups -OCH3 is 2. The third kappa shape index (κ3) is 2.24. The first-order chi connectivity index (χ1) is 7.11. The Labute approximate surface area is 88.7 Å². The standard InChI is InChI=1S/C10H15N3O2/c1-6-9(15-3)8(10(11)12)7(4-13-6)5-14-2/h4H,5H2,1-3H3,(H3,11,12). The number of nitrogens with one attached hydrogen (secondary N) is 1. The summed E-state index contributed by atoms with van der Waals surface area (Å²) in [6.07, 6.45) is 1.65. The first-order valence-corrected chi connectivity index (χ1v) is 4.47. The van der Waals surface area contributed by atoms with Crippen molar-refractivity contribution in [2.24, 2.45) is 5.73 Å². The molecule has 82 valence electrons. The summed E-state index contributed by atoms with van der Waals surface area (Å²) in [5, 5.41) is 7.51. The Balaban J connectivity index is 3.35. The molecule has 0 fully saturated rings. The van der Waals surface area contributed by atoms with Crippen molar-refractivity contribution < 1.29 is 9.47 Å². The van der Waals surface area contributed by atoms with Crippen LogP contribution < -0.4 is 10.5 Å². The van der Waals surface area contributed by atoms with Crippen molar-refractivity contribution in [1.82, 2.24) is 4.98 Å². The van der Waals surface area contributed by atoms with Crippen LogP contribution in [0, 0.1) is 12.3 Å². The van der Waals surface area contributed by atoms with Crippen molar-refractivity contribution in [3.8, 4) is 5.75 Å². The van der Waals surface area contributed by atoms with E-state index in [4.69, 9.17) is 20.6 Å². The second-order valence-electron chi connectivity index (χ2n) is 3.12. The molecule has 0 saturated carbocycles. The van der Waals surface area contributed by atoms with Crippen molar-refractivity contribution in [2.45, 2.75) is 13.5 Å². The van der Waals surface area contributed by atoms with Gasteiger partial charge in [-0.1, -0.05) is 0 Å². The Hall–Kier alpha value is -1.62. The van der Waals surface area contributed by atoms with Crippen molar-refractivity contribution >= 4 is 5.84 Å². The van der Waals surface area contributed by atoms with E-state index in [0.717, 1.165) is 5.56 Å². The number of aryl methyl sites for hydroxylation is 1. The average Bonchev–Trinajstić information content (AvgIpc) is 2.20. The second-order valence-corrected chi connectivity index (χ2v) is 3.12. The number of amidine groups is 1. The minimum atomic E-state index is -0.0376. The first kappa shape index (κ1) is 11.5.